The van der Waals surface area contributed by atoms with Crippen LogP contribution in [-0.2, 0) is 0 Å². The highest BCUT2D eigenvalue weighted by Gasteiger charge is 2.26. The highest BCUT2D eigenvalue weighted by Crippen LogP contribution is 2.51. The molecule has 1 heterocycles. The van der Waals surface area contributed by atoms with E-state index in [9.17, 15) is 5.11 Å². The number of aromatic hydroxyl groups is 1. The molecule has 116 valence electrons. The van der Waals surface area contributed by atoms with E-state index in [2.05, 4.69) is 61.2 Å². The normalized spacial score (nSPS) is 14.6. The maximum atomic E-state index is 10.4. The minimum atomic E-state index is 0.358. The van der Waals surface area contributed by atoms with Crippen molar-refractivity contribution in [1.82, 2.24) is 4.90 Å². The number of fused-ring (bicyclic) bond motifs is 2. The van der Waals surface area contributed by atoms with Crippen molar-refractivity contribution in [2.75, 3.05) is 32.1 Å². The van der Waals surface area contributed by atoms with Crippen LogP contribution in [0, 0.1) is 5.92 Å². The lowest BCUT2D eigenvalue weighted by molar-refractivity contribution is 0.342. The summed E-state index contributed by atoms with van der Waals surface area (Å²) in [6, 6.07) is 14.2. The van der Waals surface area contributed by atoms with Crippen LogP contribution in [0.4, 0.5) is 11.4 Å². The van der Waals surface area contributed by atoms with Gasteiger partial charge in [0.15, 0.2) is 0 Å². The van der Waals surface area contributed by atoms with Crippen molar-refractivity contribution >= 4 is 23.1 Å². The standard InChI is InChI=1S/C18H22N2OS/c1-13(11-19(2)3)12-20-14-7-4-5-9-16(14)22-17-10-6-8-15(21)18(17)20/h4-10,13,21H,11-12H2,1-3H3. The molecule has 0 amide bonds. The molecule has 1 aliphatic heterocycles. The molecule has 3 rings (SSSR count). The van der Waals surface area contributed by atoms with Crippen LogP contribution in [0.3, 0.4) is 0 Å². The molecule has 4 heteroatoms. The summed E-state index contributed by atoms with van der Waals surface area (Å²) in [6.45, 7) is 4.17. The summed E-state index contributed by atoms with van der Waals surface area (Å²) in [5.74, 6) is 0.857. The summed E-state index contributed by atoms with van der Waals surface area (Å²) >= 11 is 1.73. The number of phenols is 1. The molecular formula is C18H22N2OS. The number of benzene rings is 2. The van der Waals surface area contributed by atoms with E-state index in [0.717, 1.165) is 23.7 Å². The van der Waals surface area contributed by atoms with Crippen molar-refractivity contribution in [3.63, 3.8) is 0 Å². The van der Waals surface area contributed by atoms with Gasteiger partial charge in [-0.2, -0.15) is 0 Å². The smallest absolute Gasteiger partial charge is 0.140 e. The highest BCUT2D eigenvalue weighted by atomic mass is 32.2. The summed E-state index contributed by atoms with van der Waals surface area (Å²) in [5.41, 5.74) is 2.13. The monoisotopic (exact) mass is 314 g/mol. The van der Waals surface area contributed by atoms with Gasteiger partial charge in [-0.25, -0.2) is 0 Å². The fourth-order valence-corrected chi connectivity index (χ4v) is 4.18. The molecule has 0 aromatic heterocycles. The predicted molar refractivity (Wildman–Crippen MR) is 93.4 cm³/mol. The third-order valence-corrected chi connectivity index (χ3v) is 4.91. The lowest BCUT2D eigenvalue weighted by atomic mass is 10.1. The van der Waals surface area contributed by atoms with Crippen molar-refractivity contribution in [3.05, 3.63) is 42.5 Å². The lowest BCUT2D eigenvalue weighted by Crippen LogP contribution is -2.31. The lowest BCUT2D eigenvalue weighted by Gasteiger charge is -2.35. The molecule has 0 aliphatic carbocycles. The van der Waals surface area contributed by atoms with E-state index in [-0.39, 0.29) is 0 Å². The molecule has 2 aromatic rings. The van der Waals surface area contributed by atoms with E-state index in [1.807, 2.05) is 6.07 Å². The number of phenolic OH excluding ortho intramolecular Hbond substituents is 1. The zero-order chi connectivity index (χ0) is 15.7. The molecule has 2 aromatic carbocycles. The predicted octanol–water partition coefficient (Wildman–Crippen LogP) is 4.19. The summed E-state index contributed by atoms with van der Waals surface area (Å²) in [4.78, 5) is 6.85. The Morgan fingerprint density at radius 3 is 2.59 bits per heavy atom. The second-order valence-corrected chi connectivity index (χ2v) is 7.26. The van der Waals surface area contributed by atoms with Gasteiger partial charge in [-0.05, 0) is 44.3 Å². The average Bonchev–Trinajstić information content (AvgIpc) is 2.46. The first-order chi connectivity index (χ1) is 10.6. The van der Waals surface area contributed by atoms with Crippen molar-refractivity contribution in [3.8, 4) is 5.75 Å². The molecule has 1 aliphatic rings. The first-order valence-corrected chi connectivity index (χ1v) is 8.39. The Morgan fingerprint density at radius 2 is 1.82 bits per heavy atom. The third kappa shape index (κ3) is 2.94. The van der Waals surface area contributed by atoms with Crippen LogP contribution in [0.25, 0.3) is 0 Å². The molecule has 0 radical (unpaired) electrons. The van der Waals surface area contributed by atoms with Gasteiger partial charge in [0.2, 0.25) is 0 Å². The zero-order valence-corrected chi connectivity index (χ0v) is 14.1. The van der Waals surface area contributed by atoms with Crippen molar-refractivity contribution in [2.45, 2.75) is 16.7 Å². The van der Waals surface area contributed by atoms with Gasteiger partial charge < -0.3 is 14.9 Å². The SMILES string of the molecule is CC(CN(C)C)CN1c2ccccc2Sc2cccc(O)c21. The van der Waals surface area contributed by atoms with E-state index in [4.69, 9.17) is 0 Å². The van der Waals surface area contributed by atoms with Gasteiger partial charge in [0, 0.05) is 22.9 Å². The van der Waals surface area contributed by atoms with E-state index < -0.39 is 0 Å². The minimum absolute atomic E-state index is 0.358. The van der Waals surface area contributed by atoms with Crippen LogP contribution in [0.1, 0.15) is 6.92 Å². The maximum absolute atomic E-state index is 10.4. The van der Waals surface area contributed by atoms with E-state index in [1.165, 1.54) is 10.6 Å². The summed E-state index contributed by atoms with van der Waals surface area (Å²) in [5, 5.41) is 10.4. The van der Waals surface area contributed by atoms with E-state index in [0.29, 0.717) is 11.7 Å². The Bertz CT molecular complexity index is 672. The molecule has 22 heavy (non-hydrogen) atoms. The van der Waals surface area contributed by atoms with Gasteiger partial charge in [-0.1, -0.05) is 36.9 Å². The van der Waals surface area contributed by atoms with Crippen molar-refractivity contribution in [2.24, 2.45) is 5.92 Å². The maximum Gasteiger partial charge on any atom is 0.140 e. The molecule has 0 saturated heterocycles. The summed E-state index contributed by atoms with van der Waals surface area (Å²) in [6.07, 6.45) is 0. The molecular weight excluding hydrogens is 292 g/mol. The second-order valence-electron chi connectivity index (χ2n) is 6.17. The van der Waals surface area contributed by atoms with Crippen LogP contribution >= 0.6 is 11.8 Å². The van der Waals surface area contributed by atoms with Crippen LogP contribution in [0.2, 0.25) is 0 Å². The molecule has 0 fully saturated rings. The molecule has 0 spiro atoms. The zero-order valence-electron chi connectivity index (χ0n) is 13.3. The summed E-state index contributed by atoms with van der Waals surface area (Å²) in [7, 11) is 4.20. The minimum Gasteiger partial charge on any atom is -0.506 e. The van der Waals surface area contributed by atoms with E-state index in [1.54, 1.807) is 17.8 Å². The largest absolute Gasteiger partial charge is 0.506 e. The van der Waals surface area contributed by atoms with Crippen molar-refractivity contribution < 1.29 is 5.11 Å². The Hall–Kier alpha value is -1.65. The number of anilines is 2. The van der Waals surface area contributed by atoms with Crippen LogP contribution < -0.4 is 4.90 Å². The van der Waals surface area contributed by atoms with Crippen molar-refractivity contribution in [1.29, 1.82) is 0 Å². The Balaban J connectivity index is 2.01. The number of para-hydroxylation sites is 2. The first kappa shape index (κ1) is 15.3. The summed E-state index contributed by atoms with van der Waals surface area (Å²) < 4.78 is 0. The molecule has 0 saturated carbocycles. The molecule has 3 nitrogen and oxygen atoms in total. The Labute approximate surface area is 136 Å². The van der Waals surface area contributed by atoms with Gasteiger partial charge >= 0.3 is 0 Å². The Kier molecular flexibility index (Phi) is 4.32. The fourth-order valence-electron chi connectivity index (χ4n) is 3.05. The van der Waals surface area contributed by atoms with Gasteiger partial charge in [0.05, 0.1) is 11.4 Å². The Morgan fingerprint density at radius 1 is 1.09 bits per heavy atom. The number of hydrogen-bond donors (Lipinski definition) is 1. The quantitative estimate of drug-likeness (QED) is 0.915. The average molecular weight is 314 g/mol. The number of rotatable bonds is 4. The molecule has 1 N–H and O–H groups in total. The van der Waals surface area contributed by atoms with Crippen LogP contribution in [0.15, 0.2) is 52.3 Å². The second kappa shape index (κ2) is 6.23. The van der Waals surface area contributed by atoms with Gasteiger partial charge in [-0.15, -0.1) is 0 Å². The number of nitrogens with zero attached hydrogens (tertiary/aromatic N) is 2. The number of hydrogen-bond acceptors (Lipinski definition) is 4. The van der Waals surface area contributed by atoms with Crippen LogP contribution in [-0.4, -0.2) is 37.2 Å². The third-order valence-electron chi connectivity index (χ3n) is 3.79. The first-order valence-electron chi connectivity index (χ1n) is 7.57. The van der Waals surface area contributed by atoms with E-state index >= 15 is 0 Å². The topological polar surface area (TPSA) is 26.7 Å². The van der Waals surface area contributed by atoms with Gasteiger partial charge in [0.1, 0.15) is 5.75 Å². The molecule has 1 unspecified atom stereocenters. The van der Waals surface area contributed by atoms with Gasteiger partial charge in [0.25, 0.3) is 0 Å². The fraction of sp³-hybridized carbons (Fsp3) is 0.333. The van der Waals surface area contributed by atoms with Crippen LogP contribution in [0.5, 0.6) is 5.75 Å². The molecule has 1 atom stereocenters. The molecule has 0 bridgehead atoms. The highest BCUT2D eigenvalue weighted by molar-refractivity contribution is 7.99. The van der Waals surface area contributed by atoms with Gasteiger partial charge in [-0.3, -0.25) is 0 Å².